The van der Waals surface area contributed by atoms with Gasteiger partial charge >= 0.3 is 6.11 Å². The van der Waals surface area contributed by atoms with Crippen LogP contribution in [0.1, 0.15) is 0 Å². The van der Waals surface area contributed by atoms with Crippen LogP contribution in [0.2, 0.25) is 0 Å². The van der Waals surface area contributed by atoms with E-state index in [0.717, 1.165) is 18.2 Å². The molecule has 1 aliphatic rings. The van der Waals surface area contributed by atoms with E-state index in [0.29, 0.717) is 5.56 Å². The summed E-state index contributed by atoms with van der Waals surface area (Å²) >= 11 is 0. The average Bonchev–Trinajstić information content (AvgIpc) is 2.67. The first-order valence-electron chi connectivity index (χ1n) is 6.00. The second-order valence-electron chi connectivity index (χ2n) is 4.56. The van der Waals surface area contributed by atoms with Crippen molar-refractivity contribution in [3.63, 3.8) is 0 Å². The van der Waals surface area contributed by atoms with Gasteiger partial charge in [0.15, 0.2) is 5.97 Å². The minimum absolute atomic E-state index is 0.0437. The highest BCUT2D eigenvalue weighted by molar-refractivity contribution is 7.92. The number of ether oxygens (including phenoxy) is 1. The smallest absolute Gasteiger partial charge is 0.441 e. The maximum Gasteiger partial charge on any atom is 0.441 e. The zero-order valence-corrected chi connectivity index (χ0v) is 11.6. The van der Waals surface area contributed by atoms with Gasteiger partial charge in [0.2, 0.25) is 9.84 Å². The van der Waals surface area contributed by atoms with Crippen LogP contribution in [-0.2, 0) is 14.6 Å². The van der Waals surface area contributed by atoms with Crippen LogP contribution >= 0.6 is 0 Å². The molecule has 1 heterocycles. The molecule has 0 N–H and O–H groups in total. The first kappa shape index (κ1) is 14.5. The van der Waals surface area contributed by atoms with Gasteiger partial charge in [0.05, 0.1) is 9.79 Å². The van der Waals surface area contributed by atoms with E-state index in [-0.39, 0.29) is 15.4 Å². The fourth-order valence-corrected chi connectivity index (χ4v) is 3.92. The number of sulfone groups is 1. The van der Waals surface area contributed by atoms with Crippen LogP contribution in [0.4, 0.5) is 8.78 Å². The monoisotopic (exact) mass is 325 g/mol. The Bertz CT molecular complexity index is 890. The third kappa shape index (κ3) is 2.03. The minimum Gasteiger partial charge on any atom is -0.541 e. The lowest BCUT2D eigenvalue weighted by atomic mass is 10.1. The topological polar surface area (TPSA) is 83.5 Å². The number of carboxylic acid groups (broad SMARTS) is 1. The number of halogens is 2. The summed E-state index contributed by atoms with van der Waals surface area (Å²) in [5, 5.41) is 10.3. The highest BCUT2D eigenvalue weighted by atomic mass is 32.2. The summed E-state index contributed by atoms with van der Waals surface area (Å²) in [7, 11) is -3.71. The Morgan fingerprint density at radius 1 is 1.05 bits per heavy atom. The molecule has 0 radical (unpaired) electrons. The van der Waals surface area contributed by atoms with E-state index in [1.165, 1.54) is 12.1 Å². The van der Waals surface area contributed by atoms with Gasteiger partial charge in [-0.1, -0.05) is 18.2 Å². The standard InChI is InChI=1S/C14H8F2O5S/c15-14(16,13(17)18)21-8-5-6-12-10(7-8)9-3-1-2-4-11(9)22(12,19)20/h1-7H,(H,17,18)/p-1. The molecule has 0 atom stereocenters. The van der Waals surface area contributed by atoms with Crippen molar-refractivity contribution < 1.29 is 31.8 Å². The molecule has 0 amide bonds. The molecule has 2 aromatic carbocycles. The van der Waals surface area contributed by atoms with Crippen molar-refractivity contribution in [2.75, 3.05) is 0 Å². The number of carbonyl (C=O) groups is 1. The van der Waals surface area contributed by atoms with Crippen molar-refractivity contribution >= 4 is 15.8 Å². The van der Waals surface area contributed by atoms with Gasteiger partial charge in [-0.15, -0.1) is 0 Å². The molecule has 8 heteroatoms. The van der Waals surface area contributed by atoms with Crippen molar-refractivity contribution in [3.8, 4) is 16.9 Å². The SMILES string of the molecule is O=C([O-])C(F)(F)Oc1ccc2c(c1)-c1ccccc1S2(=O)=O. The number of hydrogen-bond acceptors (Lipinski definition) is 5. The van der Waals surface area contributed by atoms with Gasteiger partial charge < -0.3 is 14.6 Å². The van der Waals surface area contributed by atoms with Crippen molar-refractivity contribution in [1.29, 1.82) is 0 Å². The summed E-state index contributed by atoms with van der Waals surface area (Å²) in [6, 6.07) is 9.22. The molecule has 2 aromatic rings. The van der Waals surface area contributed by atoms with Gasteiger partial charge in [-0.05, 0) is 24.3 Å². The number of rotatable bonds is 3. The molecule has 5 nitrogen and oxygen atoms in total. The van der Waals surface area contributed by atoms with Crippen LogP contribution in [0.15, 0.2) is 52.3 Å². The van der Waals surface area contributed by atoms with Gasteiger partial charge in [-0.2, -0.15) is 8.78 Å². The predicted molar refractivity (Wildman–Crippen MR) is 67.9 cm³/mol. The molecular weight excluding hydrogens is 318 g/mol. The number of aliphatic carboxylic acids is 1. The van der Waals surface area contributed by atoms with Gasteiger partial charge in [0, 0.05) is 11.1 Å². The molecule has 0 spiro atoms. The van der Waals surface area contributed by atoms with E-state index in [1.54, 1.807) is 12.1 Å². The van der Waals surface area contributed by atoms with Crippen LogP contribution in [0.3, 0.4) is 0 Å². The number of carboxylic acids is 1. The zero-order valence-electron chi connectivity index (χ0n) is 10.7. The molecule has 0 fully saturated rings. The fourth-order valence-electron chi connectivity index (χ4n) is 2.25. The molecule has 114 valence electrons. The number of hydrogen-bond donors (Lipinski definition) is 0. The van der Waals surface area contributed by atoms with Gasteiger partial charge in [-0.3, -0.25) is 0 Å². The number of alkyl halides is 2. The fraction of sp³-hybridized carbons (Fsp3) is 0.0714. The lowest BCUT2D eigenvalue weighted by molar-refractivity contribution is -0.350. The molecular formula is C14H7F2O5S-. The highest BCUT2D eigenvalue weighted by Gasteiger charge is 2.36. The minimum atomic E-state index is -4.51. The average molecular weight is 325 g/mol. The Balaban J connectivity index is 2.13. The summed E-state index contributed by atoms with van der Waals surface area (Å²) in [5.74, 6) is -3.15. The Hall–Kier alpha value is -2.48. The Labute approximate surface area is 123 Å². The van der Waals surface area contributed by atoms with E-state index in [2.05, 4.69) is 4.74 Å². The Morgan fingerprint density at radius 2 is 1.68 bits per heavy atom. The molecule has 0 saturated heterocycles. The molecule has 0 unspecified atom stereocenters. The molecule has 3 rings (SSSR count). The summed E-state index contributed by atoms with van der Waals surface area (Å²) in [5.41, 5.74) is 0.530. The number of benzene rings is 2. The summed E-state index contributed by atoms with van der Waals surface area (Å²) in [6.45, 7) is 0. The van der Waals surface area contributed by atoms with Crippen LogP contribution in [-0.4, -0.2) is 20.5 Å². The van der Waals surface area contributed by atoms with Crippen LogP contribution in [0, 0.1) is 0 Å². The van der Waals surface area contributed by atoms with E-state index in [4.69, 9.17) is 0 Å². The van der Waals surface area contributed by atoms with Crippen molar-refractivity contribution in [2.45, 2.75) is 15.9 Å². The maximum atomic E-state index is 13.0. The first-order valence-corrected chi connectivity index (χ1v) is 7.48. The summed E-state index contributed by atoms with van der Waals surface area (Å²) in [4.78, 5) is 10.3. The van der Waals surface area contributed by atoms with Crippen LogP contribution in [0.25, 0.3) is 11.1 Å². The second kappa shape index (κ2) is 4.51. The third-order valence-electron chi connectivity index (χ3n) is 3.19. The Morgan fingerprint density at radius 3 is 2.36 bits per heavy atom. The van der Waals surface area contributed by atoms with Gasteiger partial charge in [0.1, 0.15) is 5.75 Å². The lowest BCUT2D eigenvalue weighted by Crippen LogP contribution is -2.45. The highest BCUT2D eigenvalue weighted by Crippen LogP contribution is 2.44. The quantitative estimate of drug-likeness (QED) is 0.723. The van der Waals surface area contributed by atoms with Gasteiger partial charge in [-0.25, -0.2) is 8.42 Å². The zero-order chi connectivity index (χ0) is 16.1. The summed E-state index contributed by atoms with van der Waals surface area (Å²) < 4.78 is 54.7. The van der Waals surface area contributed by atoms with E-state index < -0.39 is 27.7 Å². The molecule has 0 aliphatic carbocycles. The number of fused-ring (bicyclic) bond motifs is 3. The van der Waals surface area contributed by atoms with Crippen molar-refractivity contribution in [2.24, 2.45) is 0 Å². The van der Waals surface area contributed by atoms with E-state index >= 15 is 0 Å². The van der Waals surface area contributed by atoms with Crippen LogP contribution < -0.4 is 9.84 Å². The summed E-state index contributed by atoms with van der Waals surface area (Å²) in [6.07, 6.45) is -4.51. The molecule has 1 aliphatic heterocycles. The number of carbonyl (C=O) groups excluding carboxylic acids is 1. The third-order valence-corrected chi connectivity index (χ3v) is 5.06. The van der Waals surface area contributed by atoms with Crippen molar-refractivity contribution in [1.82, 2.24) is 0 Å². The van der Waals surface area contributed by atoms with Gasteiger partial charge in [0.25, 0.3) is 0 Å². The first-order chi connectivity index (χ1) is 10.2. The maximum absolute atomic E-state index is 13.0. The predicted octanol–water partition coefficient (Wildman–Crippen LogP) is 1.22. The second-order valence-corrected chi connectivity index (χ2v) is 6.45. The lowest BCUT2D eigenvalue weighted by Gasteiger charge is -2.18. The van der Waals surface area contributed by atoms with E-state index in [9.17, 15) is 27.1 Å². The normalized spacial score (nSPS) is 15.0. The van der Waals surface area contributed by atoms with Crippen LogP contribution in [0.5, 0.6) is 5.75 Å². The largest absolute Gasteiger partial charge is 0.541 e. The molecule has 0 saturated carbocycles. The van der Waals surface area contributed by atoms with E-state index in [1.807, 2.05) is 0 Å². The molecule has 22 heavy (non-hydrogen) atoms. The Kier molecular flexibility index (Phi) is 2.96. The molecule has 0 bridgehead atoms. The molecule has 0 aromatic heterocycles. The van der Waals surface area contributed by atoms with Crippen molar-refractivity contribution in [3.05, 3.63) is 42.5 Å².